The number of fused-ring (bicyclic) bond motifs is 1. The molecule has 0 saturated carbocycles. The lowest BCUT2D eigenvalue weighted by Crippen LogP contribution is -2.74. The van der Waals surface area contributed by atoms with Gasteiger partial charge in [0.2, 0.25) is 17.4 Å². The van der Waals surface area contributed by atoms with Crippen LogP contribution < -0.4 is 16.8 Å². The van der Waals surface area contributed by atoms with Crippen molar-refractivity contribution in [2.45, 2.75) is 29.1 Å². The van der Waals surface area contributed by atoms with E-state index in [0.29, 0.717) is 17.3 Å². The standard InChI is InChI=1S/C18H23N9O5S4/c1-8-23-24-17(35-8)34-7-18(15(30)31)5-27-13(29)10(14(27)33-6-18)21-12(28)9(25-32-4-2-3-19)11-22-16(20)36-26-11/h10,14H,2-7,19H2,1H3,(H,21,28)(H,30,31)(H2,20,22,26)/t10?,14-,18?/m1/s1. The number of aryl methyl sites for hydroxylation is 1. The first-order valence-corrected chi connectivity index (χ1v) is 14.3. The number of oxime groups is 1. The van der Waals surface area contributed by atoms with Gasteiger partial charge < -0.3 is 31.6 Å². The molecule has 0 bridgehead atoms. The maximum Gasteiger partial charge on any atom is 0.313 e. The van der Waals surface area contributed by atoms with Gasteiger partial charge in [-0.05, 0) is 19.9 Å². The number of carboxylic acids is 1. The van der Waals surface area contributed by atoms with Crippen molar-refractivity contribution in [3.8, 4) is 0 Å². The highest BCUT2D eigenvalue weighted by Gasteiger charge is 2.57. The molecule has 0 aliphatic carbocycles. The molecular weight excluding hydrogens is 551 g/mol. The Kier molecular flexibility index (Phi) is 8.28. The molecule has 36 heavy (non-hydrogen) atoms. The highest BCUT2D eigenvalue weighted by Crippen LogP contribution is 2.44. The molecule has 0 spiro atoms. The third-order valence-electron chi connectivity index (χ3n) is 5.33. The van der Waals surface area contributed by atoms with Crippen molar-refractivity contribution in [1.82, 2.24) is 29.8 Å². The Bertz CT molecular complexity index is 1170. The number of nitrogen functional groups attached to an aromatic ring is 1. The van der Waals surface area contributed by atoms with Gasteiger partial charge in [0.15, 0.2) is 9.47 Å². The molecule has 14 nitrogen and oxygen atoms in total. The lowest BCUT2D eigenvalue weighted by Gasteiger charge is -2.53. The lowest BCUT2D eigenvalue weighted by molar-refractivity contribution is -0.157. The second-order valence-electron chi connectivity index (χ2n) is 7.95. The number of aliphatic carboxylic acids is 1. The summed E-state index contributed by atoms with van der Waals surface area (Å²) in [5, 5.41) is 25.0. The third kappa shape index (κ3) is 5.56. The van der Waals surface area contributed by atoms with Crippen LogP contribution in [0, 0.1) is 12.3 Å². The van der Waals surface area contributed by atoms with Crippen molar-refractivity contribution in [2.75, 3.05) is 36.9 Å². The molecule has 18 heteroatoms. The minimum absolute atomic E-state index is 0.0171. The fourth-order valence-corrected chi connectivity index (χ4v) is 7.54. The Morgan fingerprint density at radius 2 is 2.22 bits per heavy atom. The van der Waals surface area contributed by atoms with Gasteiger partial charge >= 0.3 is 5.97 Å². The topological polar surface area (TPSA) is 212 Å². The zero-order chi connectivity index (χ0) is 25.9. The van der Waals surface area contributed by atoms with E-state index in [0.717, 1.165) is 16.5 Å². The maximum atomic E-state index is 13.0. The Labute approximate surface area is 221 Å². The predicted octanol–water partition coefficient (Wildman–Crippen LogP) is -0.387. The number of carbonyl (C=O) groups is 3. The lowest BCUT2D eigenvalue weighted by atomic mass is 9.89. The number of nitrogens with zero attached hydrogens (tertiary/aromatic N) is 6. The molecule has 6 N–H and O–H groups in total. The SMILES string of the molecule is Cc1nnc(SCC2(C(=O)O)CS[C@@H]3C(NC(=O)C(=NOCCCN)c4nsc(N)n4)C(=O)N3C2)s1. The zero-order valence-corrected chi connectivity index (χ0v) is 22.2. The predicted molar refractivity (Wildman–Crippen MR) is 136 cm³/mol. The summed E-state index contributed by atoms with van der Waals surface area (Å²) >= 11 is 4.90. The molecule has 4 rings (SSSR count). The van der Waals surface area contributed by atoms with E-state index in [1.807, 2.05) is 6.92 Å². The van der Waals surface area contributed by atoms with Crippen LogP contribution in [0.4, 0.5) is 5.13 Å². The fraction of sp³-hybridized carbons (Fsp3) is 0.556. The number of thioether (sulfide) groups is 2. The first-order chi connectivity index (χ1) is 17.2. The number of β-lactam (4-membered cyclic amide) rings is 1. The number of anilines is 1. The summed E-state index contributed by atoms with van der Waals surface area (Å²) in [7, 11) is 0. The van der Waals surface area contributed by atoms with Crippen molar-refractivity contribution >= 4 is 75.0 Å². The summed E-state index contributed by atoms with van der Waals surface area (Å²) in [5.74, 6) is -1.57. The van der Waals surface area contributed by atoms with E-state index in [4.69, 9.17) is 16.3 Å². The molecule has 2 aromatic heterocycles. The van der Waals surface area contributed by atoms with Crippen LogP contribution in [0.2, 0.25) is 0 Å². The average Bonchev–Trinajstić information content (AvgIpc) is 3.48. The first-order valence-electron chi connectivity index (χ1n) is 10.6. The summed E-state index contributed by atoms with van der Waals surface area (Å²) in [6.45, 7) is 2.43. The number of hydrogen-bond donors (Lipinski definition) is 4. The van der Waals surface area contributed by atoms with Crippen LogP contribution in [-0.4, -0.2) is 95.7 Å². The molecule has 2 amide bonds. The summed E-state index contributed by atoms with van der Waals surface area (Å²) in [6, 6.07) is -0.849. The number of hydrogen-bond acceptors (Lipinski definition) is 15. The number of carbonyl (C=O) groups excluding carboxylic acids is 2. The molecule has 2 saturated heterocycles. The Balaban J connectivity index is 1.41. The van der Waals surface area contributed by atoms with E-state index >= 15 is 0 Å². The van der Waals surface area contributed by atoms with Crippen LogP contribution in [0.25, 0.3) is 0 Å². The minimum atomic E-state index is -1.15. The van der Waals surface area contributed by atoms with E-state index in [-0.39, 0.29) is 47.2 Å². The van der Waals surface area contributed by atoms with Crippen LogP contribution in [-0.2, 0) is 19.2 Å². The molecular formula is C18H23N9O5S4. The molecule has 194 valence electrons. The third-order valence-corrected chi connectivity index (χ3v) is 9.72. The van der Waals surface area contributed by atoms with Crippen LogP contribution in [0.15, 0.2) is 9.50 Å². The van der Waals surface area contributed by atoms with Gasteiger partial charge in [0.1, 0.15) is 28.4 Å². The Morgan fingerprint density at radius 1 is 1.42 bits per heavy atom. The Morgan fingerprint density at radius 3 is 2.86 bits per heavy atom. The second-order valence-corrected chi connectivity index (χ2v) is 12.2. The number of rotatable bonds is 11. The van der Waals surface area contributed by atoms with Gasteiger partial charge in [-0.1, -0.05) is 28.3 Å². The van der Waals surface area contributed by atoms with Crippen molar-refractivity contribution in [3.63, 3.8) is 0 Å². The van der Waals surface area contributed by atoms with Crippen molar-refractivity contribution in [3.05, 3.63) is 10.8 Å². The minimum Gasteiger partial charge on any atom is -0.481 e. The normalized spacial score (nSPS) is 23.7. The highest BCUT2D eigenvalue weighted by molar-refractivity contribution is 8.01. The van der Waals surface area contributed by atoms with E-state index in [9.17, 15) is 19.5 Å². The maximum absolute atomic E-state index is 13.0. The van der Waals surface area contributed by atoms with Crippen LogP contribution >= 0.6 is 46.4 Å². The van der Waals surface area contributed by atoms with Crippen LogP contribution in [0.5, 0.6) is 0 Å². The largest absolute Gasteiger partial charge is 0.481 e. The molecule has 2 aromatic rings. The van der Waals surface area contributed by atoms with E-state index in [2.05, 4.69) is 30.0 Å². The molecule has 4 heterocycles. The number of nitrogens with two attached hydrogens (primary N) is 2. The summed E-state index contributed by atoms with van der Waals surface area (Å²) in [6.07, 6.45) is 0.530. The van der Waals surface area contributed by atoms with E-state index < -0.39 is 28.7 Å². The van der Waals surface area contributed by atoms with Gasteiger partial charge in [0.25, 0.3) is 5.91 Å². The smallest absolute Gasteiger partial charge is 0.313 e. The zero-order valence-electron chi connectivity index (χ0n) is 18.9. The first kappa shape index (κ1) is 26.5. The summed E-state index contributed by atoms with van der Waals surface area (Å²) in [5.41, 5.74) is 9.71. The number of amides is 2. The van der Waals surface area contributed by atoms with E-state index in [1.54, 1.807) is 0 Å². The molecule has 0 radical (unpaired) electrons. The molecule has 2 fully saturated rings. The second kappa shape index (κ2) is 11.2. The monoisotopic (exact) mass is 573 g/mol. The highest BCUT2D eigenvalue weighted by atomic mass is 32.2. The fourth-order valence-electron chi connectivity index (χ4n) is 3.43. The van der Waals surface area contributed by atoms with Gasteiger partial charge in [-0.2, -0.15) is 9.36 Å². The number of carboxylic acid groups (broad SMARTS) is 1. The van der Waals surface area contributed by atoms with Gasteiger partial charge in [-0.25, -0.2) is 0 Å². The summed E-state index contributed by atoms with van der Waals surface area (Å²) < 4.78 is 4.68. The molecule has 2 aliphatic rings. The van der Waals surface area contributed by atoms with Gasteiger partial charge in [0, 0.05) is 29.6 Å². The molecule has 0 aromatic carbocycles. The van der Waals surface area contributed by atoms with Crippen molar-refractivity contribution < 1.29 is 24.3 Å². The van der Waals surface area contributed by atoms with Crippen molar-refractivity contribution in [2.24, 2.45) is 16.3 Å². The average molecular weight is 574 g/mol. The van der Waals surface area contributed by atoms with E-state index in [1.165, 1.54) is 39.8 Å². The number of nitrogens with one attached hydrogen (secondary N) is 1. The molecule has 3 atom stereocenters. The van der Waals surface area contributed by atoms with Gasteiger partial charge in [-0.15, -0.1) is 22.0 Å². The number of aromatic nitrogens is 4. The summed E-state index contributed by atoms with van der Waals surface area (Å²) in [4.78, 5) is 48.7. The van der Waals surface area contributed by atoms with Gasteiger partial charge in [-0.3, -0.25) is 14.4 Å². The molecule has 2 unspecified atom stereocenters. The van der Waals surface area contributed by atoms with Crippen molar-refractivity contribution in [1.29, 1.82) is 0 Å². The van der Waals surface area contributed by atoms with Crippen LogP contribution in [0.1, 0.15) is 17.3 Å². The molecule has 2 aliphatic heterocycles. The Hall–Kier alpha value is -2.54. The van der Waals surface area contributed by atoms with Gasteiger partial charge in [0.05, 0.1) is 0 Å². The van der Waals surface area contributed by atoms with Crippen LogP contribution in [0.3, 0.4) is 0 Å². The quantitative estimate of drug-likeness (QED) is 0.0888.